The fourth-order valence-electron chi connectivity index (χ4n) is 7.89. The molecule has 0 spiro atoms. The molecule has 0 bridgehead atoms. The zero-order valence-corrected chi connectivity index (χ0v) is 28.2. The normalized spacial score (nSPS) is 16.4. The van der Waals surface area contributed by atoms with Crippen LogP contribution in [0.15, 0.2) is 167 Å². The number of hydrogen-bond donors (Lipinski definition) is 2. The van der Waals surface area contributed by atoms with Gasteiger partial charge in [-0.25, -0.2) is 4.99 Å². The van der Waals surface area contributed by atoms with Gasteiger partial charge in [-0.1, -0.05) is 115 Å². The van der Waals surface area contributed by atoms with Crippen LogP contribution >= 0.6 is 11.3 Å². The number of fused-ring (bicyclic) bond motifs is 10. The maximum absolute atomic E-state index is 6.55. The zero-order chi connectivity index (χ0) is 33.5. The SMILES string of the molecule is c1ccc(C2=NC(c3ccc4c(c3)oc3ccc(-n5c6ccccc6c6c7sc8ccccc8c7ccc65)cc34)NC(c3ccccc3)N2)cc1. The summed E-state index contributed by atoms with van der Waals surface area (Å²) >= 11 is 1.88. The van der Waals surface area contributed by atoms with Crippen molar-refractivity contribution in [3.05, 3.63) is 174 Å². The van der Waals surface area contributed by atoms with Gasteiger partial charge < -0.3 is 14.3 Å². The second-order valence-corrected chi connectivity index (χ2v) is 14.3. The molecule has 51 heavy (non-hydrogen) atoms. The van der Waals surface area contributed by atoms with Gasteiger partial charge in [0, 0.05) is 53.0 Å². The van der Waals surface area contributed by atoms with Crippen LogP contribution in [0.2, 0.25) is 0 Å². The Morgan fingerprint density at radius 3 is 2.22 bits per heavy atom. The van der Waals surface area contributed by atoms with Gasteiger partial charge in [0.1, 0.15) is 29.3 Å². The molecule has 2 atom stereocenters. The third kappa shape index (κ3) is 4.47. The molecule has 2 unspecified atom stereocenters. The Hall–Kier alpha value is -6.21. The van der Waals surface area contributed by atoms with Crippen LogP contribution in [0.3, 0.4) is 0 Å². The molecule has 10 aromatic rings. The second-order valence-electron chi connectivity index (χ2n) is 13.2. The lowest BCUT2D eigenvalue weighted by atomic mass is 10.0. The molecule has 0 saturated heterocycles. The van der Waals surface area contributed by atoms with Crippen LogP contribution in [-0.4, -0.2) is 10.4 Å². The number of aromatic nitrogens is 1. The molecule has 5 nitrogen and oxygen atoms in total. The van der Waals surface area contributed by atoms with Crippen LogP contribution in [0.1, 0.15) is 29.0 Å². The lowest BCUT2D eigenvalue weighted by Gasteiger charge is -2.32. The Labute approximate surface area is 297 Å². The number of para-hydroxylation sites is 1. The molecular weight excluding hydrogens is 645 g/mol. The first kappa shape index (κ1) is 28.6. The van der Waals surface area contributed by atoms with Crippen molar-refractivity contribution in [3.63, 3.8) is 0 Å². The number of amidine groups is 1. The zero-order valence-electron chi connectivity index (χ0n) is 27.4. The van der Waals surface area contributed by atoms with E-state index in [1.54, 1.807) is 0 Å². The average molecular weight is 675 g/mol. The number of nitrogens with one attached hydrogen (secondary N) is 2. The quantitative estimate of drug-likeness (QED) is 0.195. The van der Waals surface area contributed by atoms with E-state index in [1.165, 1.54) is 42.0 Å². The van der Waals surface area contributed by atoms with Gasteiger partial charge in [-0.05, 0) is 53.6 Å². The molecule has 0 aliphatic carbocycles. The van der Waals surface area contributed by atoms with E-state index in [2.05, 4.69) is 149 Å². The molecule has 2 N–H and O–H groups in total. The molecule has 4 heterocycles. The minimum absolute atomic E-state index is 0.0992. The number of rotatable bonds is 4. The van der Waals surface area contributed by atoms with Gasteiger partial charge in [0.25, 0.3) is 0 Å². The Morgan fingerprint density at radius 1 is 0.569 bits per heavy atom. The monoisotopic (exact) mass is 674 g/mol. The molecule has 0 amide bonds. The van der Waals surface area contributed by atoms with Gasteiger partial charge >= 0.3 is 0 Å². The van der Waals surface area contributed by atoms with Crippen LogP contribution in [0.5, 0.6) is 0 Å². The summed E-state index contributed by atoms with van der Waals surface area (Å²) in [5.41, 5.74) is 8.50. The maximum atomic E-state index is 6.55. The molecule has 0 radical (unpaired) electrons. The van der Waals surface area contributed by atoms with Crippen molar-refractivity contribution in [3.8, 4) is 5.69 Å². The minimum atomic E-state index is -0.261. The molecular formula is C45H30N4OS. The van der Waals surface area contributed by atoms with Crippen molar-refractivity contribution in [2.75, 3.05) is 0 Å². The smallest absolute Gasteiger partial charge is 0.135 e. The molecule has 1 aliphatic rings. The highest BCUT2D eigenvalue weighted by Crippen LogP contribution is 2.44. The topological polar surface area (TPSA) is 54.5 Å². The molecule has 6 heteroatoms. The van der Waals surface area contributed by atoms with Crippen LogP contribution < -0.4 is 10.6 Å². The van der Waals surface area contributed by atoms with Gasteiger partial charge in [-0.15, -0.1) is 11.3 Å². The Bertz CT molecular complexity index is 2990. The van der Waals surface area contributed by atoms with E-state index in [1.807, 2.05) is 35.6 Å². The van der Waals surface area contributed by atoms with Crippen molar-refractivity contribution in [1.29, 1.82) is 0 Å². The summed E-state index contributed by atoms with van der Waals surface area (Å²) < 4.78 is 11.6. The van der Waals surface area contributed by atoms with E-state index >= 15 is 0 Å². The van der Waals surface area contributed by atoms with Gasteiger partial charge in [-0.2, -0.15) is 0 Å². The van der Waals surface area contributed by atoms with Crippen molar-refractivity contribution >= 4 is 81.1 Å². The predicted molar refractivity (Wildman–Crippen MR) is 212 cm³/mol. The molecule has 1 aliphatic heterocycles. The van der Waals surface area contributed by atoms with Crippen LogP contribution in [0, 0.1) is 0 Å². The number of aliphatic imine (C=N–C) groups is 1. The first-order valence-corrected chi connectivity index (χ1v) is 18.1. The summed E-state index contributed by atoms with van der Waals surface area (Å²) in [6.07, 6.45) is -0.360. The summed E-state index contributed by atoms with van der Waals surface area (Å²) in [5, 5.41) is 14.7. The number of nitrogens with zero attached hydrogens (tertiary/aromatic N) is 2. The predicted octanol–water partition coefficient (Wildman–Crippen LogP) is 11.4. The number of benzene rings is 7. The minimum Gasteiger partial charge on any atom is -0.456 e. The molecule has 7 aromatic carbocycles. The largest absolute Gasteiger partial charge is 0.456 e. The van der Waals surface area contributed by atoms with E-state index in [0.29, 0.717) is 0 Å². The average Bonchev–Trinajstić information content (AvgIpc) is 3.87. The van der Waals surface area contributed by atoms with E-state index in [0.717, 1.165) is 50.2 Å². The Kier molecular flexibility index (Phi) is 6.26. The van der Waals surface area contributed by atoms with Crippen molar-refractivity contribution < 1.29 is 4.42 Å². The third-order valence-electron chi connectivity index (χ3n) is 10.3. The van der Waals surface area contributed by atoms with Gasteiger partial charge in [0.05, 0.1) is 11.0 Å². The van der Waals surface area contributed by atoms with Crippen LogP contribution in [0.4, 0.5) is 0 Å². The Balaban J connectivity index is 1.04. The lowest BCUT2D eigenvalue weighted by molar-refractivity contribution is 0.409. The van der Waals surface area contributed by atoms with E-state index in [-0.39, 0.29) is 12.3 Å². The fourth-order valence-corrected chi connectivity index (χ4v) is 9.15. The summed E-state index contributed by atoms with van der Waals surface area (Å²) in [6.45, 7) is 0. The molecule has 11 rings (SSSR count). The molecule has 0 saturated carbocycles. The van der Waals surface area contributed by atoms with Gasteiger partial charge in [0.2, 0.25) is 0 Å². The molecule has 0 fully saturated rings. The van der Waals surface area contributed by atoms with Crippen molar-refractivity contribution in [2.24, 2.45) is 4.99 Å². The first-order valence-electron chi connectivity index (χ1n) is 17.3. The second kappa shape index (κ2) is 11.2. The number of hydrogen-bond acceptors (Lipinski definition) is 5. The van der Waals surface area contributed by atoms with Crippen LogP contribution in [0.25, 0.3) is 69.6 Å². The molecule has 3 aromatic heterocycles. The van der Waals surface area contributed by atoms with Gasteiger partial charge in [0.15, 0.2) is 0 Å². The highest BCUT2D eigenvalue weighted by atomic mass is 32.1. The van der Waals surface area contributed by atoms with Crippen LogP contribution in [-0.2, 0) is 0 Å². The number of furan rings is 1. The van der Waals surface area contributed by atoms with Crippen molar-refractivity contribution in [1.82, 2.24) is 15.2 Å². The highest BCUT2D eigenvalue weighted by Gasteiger charge is 2.26. The van der Waals surface area contributed by atoms with Gasteiger partial charge in [-0.3, -0.25) is 5.32 Å². The van der Waals surface area contributed by atoms with E-state index in [9.17, 15) is 0 Å². The fraction of sp³-hybridized carbons (Fsp3) is 0.0444. The number of thiophene rings is 1. The van der Waals surface area contributed by atoms with E-state index in [4.69, 9.17) is 9.41 Å². The summed E-state index contributed by atoms with van der Waals surface area (Å²) in [5.74, 6) is 0.863. The first-order chi connectivity index (χ1) is 25.3. The standard InChI is InChI=1S/C45H30N4OS/c1-3-11-27(12-4-1)43-46-44(28-13-5-2-6-14-28)48-45(47-43)29-19-21-31-35-26-30(20-24-38(35)50-39(31)25-29)49-36-17-9-7-16-34(36)41-37(49)23-22-33-32-15-8-10-18-40(32)51-42(33)41/h1-26,43,45,47H,(H,46,48). The lowest BCUT2D eigenvalue weighted by Crippen LogP contribution is -2.44. The summed E-state index contributed by atoms with van der Waals surface area (Å²) in [4.78, 5) is 5.15. The van der Waals surface area contributed by atoms with Crippen molar-refractivity contribution in [2.45, 2.75) is 12.3 Å². The maximum Gasteiger partial charge on any atom is 0.135 e. The Morgan fingerprint density at radius 2 is 1.33 bits per heavy atom. The van der Waals surface area contributed by atoms with E-state index < -0.39 is 0 Å². The highest BCUT2D eigenvalue weighted by molar-refractivity contribution is 7.26. The summed E-state index contributed by atoms with van der Waals surface area (Å²) in [7, 11) is 0. The summed E-state index contributed by atoms with van der Waals surface area (Å²) in [6, 6.07) is 56.0. The molecule has 242 valence electrons. The third-order valence-corrected chi connectivity index (χ3v) is 11.5.